The van der Waals surface area contributed by atoms with Crippen molar-refractivity contribution in [1.29, 1.82) is 5.26 Å². The number of hydrogen-bond donors (Lipinski definition) is 1. The Bertz CT molecular complexity index is 1330. The first-order valence-corrected chi connectivity index (χ1v) is 21.5. The third kappa shape index (κ3) is 16.8. The summed E-state index contributed by atoms with van der Waals surface area (Å²) in [4.78, 5) is 72.5. The number of carbonyl (C=O) groups is 5. The maximum absolute atomic E-state index is 14.8. The summed E-state index contributed by atoms with van der Waals surface area (Å²) >= 11 is 0. The van der Waals surface area contributed by atoms with Crippen LogP contribution in [0, 0.1) is 50.2 Å². The Balaban J connectivity index is 7.98. The highest BCUT2D eigenvalue weighted by Crippen LogP contribution is 2.55. The van der Waals surface area contributed by atoms with Crippen LogP contribution in [-0.4, -0.2) is 101 Å². The van der Waals surface area contributed by atoms with E-state index in [1.165, 1.54) is 7.11 Å². The van der Waals surface area contributed by atoms with E-state index in [-0.39, 0.29) is 58.7 Å². The molecule has 13 heteroatoms. The fraction of sp³-hybridized carbons (Fsp3) is 0.867. The molecule has 0 aliphatic rings. The number of carboxylic acid groups (broad SMARTS) is 1. The van der Waals surface area contributed by atoms with Crippen LogP contribution in [0.15, 0.2) is 0 Å². The van der Waals surface area contributed by atoms with Crippen LogP contribution >= 0.6 is 0 Å². The van der Waals surface area contributed by atoms with Gasteiger partial charge in [-0.1, -0.05) is 66.7 Å². The van der Waals surface area contributed by atoms with Crippen LogP contribution in [0.3, 0.4) is 0 Å². The van der Waals surface area contributed by atoms with Crippen LogP contribution in [0.4, 0.5) is 0 Å². The zero-order valence-corrected chi connectivity index (χ0v) is 38.5. The molecule has 58 heavy (non-hydrogen) atoms. The molecule has 0 amide bonds. The number of carbonyl (C=O) groups excluding carboxylic acids is 4. The van der Waals surface area contributed by atoms with Crippen LogP contribution in [0.5, 0.6) is 0 Å². The maximum Gasteiger partial charge on any atom is 0.312 e. The fourth-order valence-electron chi connectivity index (χ4n) is 8.09. The van der Waals surface area contributed by atoms with Crippen molar-refractivity contribution in [2.75, 3.05) is 60.8 Å². The van der Waals surface area contributed by atoms with Gasteiger partial charge < -0.3 is 33.7 Å². The summed E-state index contributed by atoms with van der Waals surface area (Å²) < 4.78 is 28.7. The molecule has 0 heterocycles. The molecule has 0 aliphatic carbocycles. The Morgan fingerprint density at radius 2 is 1.16 bits per heavy atom. The predicted molar refractivity (Wildman–Crippen MR) is 223 cm³/mol. The third-order valence-corrected chi connectivity index (χ3v) is 12.1. The number of methoxy groups -OCH3 is 1. The van der Waals surface area contributed by atoms with E-state index >= 15 is 0 Å². The smallest absolute Gasteiger partial charge is 0.312 e. The molecule has 0 rings (SSSR count). The number of ether oxygens (including phenoxy) is 5. The standard InChI is InChI=1S/C45H80N2O11/c1-14-18-20-21-25-56-39(52)45(10,32-43(8,30-41(6,17-4)33-46)38(51)58-28-27-54-13)34(5)44(9,40(53)57-26-23-47(11)12)31-42(7,37(50)55-24-19-15-2)29-35(22-16-3)36(48)49/h34-35H,14-32H2,1-13H3,(H,48,49). The van der Waals surface area contributed by atoms with Gasteiger partial charge in [0, 0.05) is 13.7 Å². The lowest BCUT2D eigenvalue weighted by Crippen LogP contribution is -2.54. The molecule has 0 aromatic rings. The lowest BCUT2D eigenvalue weighted by molar-refractivity contribution is -0.181. The van der Waals surface area contributed by atoms with Gasteiger partial charge in [0.1, 0.15) is 13.2 Å². The minimum atomic E-state index is -1.64. The van der Waals surface area contributed by atoms with E-state index in [0.29, 0.717) is 38.6 Å². The number of esters is 4. The normalized spacial score (nSPS) is 17.8. The molecule has 13 nitrogen and oxygen atoms in total. The molecule has 336 valence electrons. The van der Waals surface area contributed by atoms with Crippen LogP contribution in [0.25, 0.3) is 0 Å². The second-order valence-corrected chi connectivity index (χ2v) is 18.0. The Labute approximate surface area is 350 Å². The minimum Gasteiger partial charge on any atom is -0.481 e. The summed E-state index contributed by atoms with van der Waals surface area (Å²) in [7, 11) is 5.16. The number of nitrogens with zero attached hydrogens (tertiary/aromatic N) is 2. The van der Waals surface area contributed by atoms with Crippen molar-refractivity contribution in [1.82, 2.24) is 4.90 Å². The second-order valence-electron chi connectivity index (χ2n) is 18.0. The molecular formula is C45H80N2O11. The average Bonchev–Trinajstić information content (AvgIpc) is 3.16. The van der Waals surface area contributed by atoms with E-state index in [0.717, 1.165) is 25.7 Å². The average molecular weight is 825 g/mol. The summed E-state index contributed by atoms with van der Waals surface area (Å²) in [6.07, 6.45) is 5.54. The quantitative estimate of drug-likeness (QED) is 0.0389. The number of nitriles is 1. The fourth-order valence-corrected chi connectivity index (χ4v) is 8.09. The van der Waals surface area contributed by atoms with Gasteiger partial charge in [-0.25, -0.2) is 0 Å². The first-order chi connectivity index (χ1) is 27.0. The van der Waals surface area contributed by atoms with E-state index in [4.69, 9.17) is 23.7 Å². The van der Waals surface area contributed by atoms with E-state index in [1.54, 1.807) is 41.5 Å². The summed E-state index contributed by atoms with van der Waals surface area (Å²) in [6, 6.07) is 2.36. The number of carboxylic acids is 1. The number of unbranched alkanes of at least 4 members (excludes halogenated alkanes) is 4. The van der Waals surface area contributed by atoms with Gasteiger partial charge in [-0.3, -0.25) is 24.0 Å². The molecule has 0 fully saturated rings. The lowest BCUT2D eigenvalue weighted by Gasteiger charge is -2.49. The van der Waals surface area contributed by atoms with Crippen molar-refractivity contribution in [3.63, 3.8) is 0 Å². The molecule has 0 aromatic carbocycles. The Kier molecular flexibility index (Phi) is 24.6. The molecule has 1 N–H and O–H groups in total. The molecule has 0 saturated heterocycles. The second kappa shape index (κ2) is 26.1. The molecule has 0 spiro atoms. The topological polar surface area (TPSA) is 179 Å². The molecular weight excluding hydrogens is 744 g/mol. The first kappa shape index (κ1) is 54.8. The van der Waals surface area contributed by atoms with Crippen molar-refractivity contribution < 1.29 is 52.8 Å². The molecule has 7 unspecified atom stereocenters. The molecule has 7 atom stereocenters. The van der Waals surface area contributed by atoms with Crippen molar-refractivity contribution in [3.05, 3.63) is 0 Å². The Hall–Kier alpha value is -3.24. The molecule has 0 aromatic heterocycles. The van der Waals surface area contributed by atoms with Crippen LogP contribution in [-0.2, 0) is 47.7 Å². The Morgan fingerprint density at radius 3 is 1.64 bits per heavy atom. The highest BCUT2D eigenvalue weighted by atomic mass is 16.6. The molecule has 0 aliphatic heterocycles. The summed E-state index contributed by atoms with van der Waals surface area (Å²) in [5.41, 5.74) is -7.18. The van der Waals surface area contributed by atoms with E-state index < -0.39 is 68.8 Å². The molecule has 0 saturated carbocycles. The van der Waals surface area contributed by atoms with Gasteiger partial charge in [0.15, 0.2) is 0 Å². The summed E-state index contributed by atoms with van der Waals surface area (Å²) in [5, 5.41) is 20.6. The summed E-state index contributed by atoms with van der Waals surface area (Å²) in [6.45, 7) is 18.6. The lowest BCUT2D eigenvalue weighted by atomic mass is 9.54. The van der Waals surface area contributed by atoms with Gasteiger partial charge in [0.2, 0.25) is 0 Å². The van der Waals surface area contributed by atoms with Crippen LogP contribution in [0.2, 0.25) is 0 Å². The number of hydrogen-bond acceptors (Lipinski definition) is 12. The highest BCUT2D eigenvalue weighted by Gasteiger charge is 2.60. The van der Waals surface area contributed by atoms with Gasteiger partial charge in [-0.2, -0.15) is 5.26 Å². The van der Waals surface area contributed by atoms with Crippen LogP contribution in [0.1, 0.15) is 153 Å². The third-order valence-electron chi connectivity index (χ3n) is 12.1. The van der Waals surface area contributed by atoms with E-state index in [2.05, 4.69) is 13.0 Å². The van der Waals surface area contributed by atoms with Crippen molar-refractivity contribution in [2.45, 2.75) is 153 Å². The van der Waals surface area contributed by atoms with E-state index in [1.807, 2.05) is 39.8 Å². The Morgan fingerprint density at radius 1 is 0.655 bits per heavy atom. The monoisotopic (exact) mass is 825 g/mol. The van der Waals surface area contributed by atoms with E-state index in [9.17, 15) is 34.3 Å². The first-order valence-electron chi connectivity index (χ1n) is 21.5. The van der Waals surface area contributed by atoms with Crippen LogP contribution < -0.4 is 0 Å². The SMILES string of the molecule is CCCCCCOC(=O)C(C)(CC(C)(CC(C)(C#N)CC)C(=O)OCCOC)C(C)C(C)(CC(C)(CC(CCC)C(=O)O)C(=O)OCCCC)C(=O)OCCN(C)C. The number of aliphatic carboxylic acids is 1. The van der Waals surface area contributed by atoms with Crippen molar-refractivity contribution in [2.24, 2.45) is 38.9 Å². The van der Waals surface area contributed by atoms with Gasteiger partial charge in [0.05, 0.1) is 58.9 Å². The minimum absolute atomic E-state index is 0.0124. The van der Waals surface area contributed by atoms with Gasteiger partial charge in [-0.05, 0) is 106 Å². The number of likely N-dealkylation sites (N-methyl/N-ethyl adjacent to an activating group) is 1. The van der Waals surface area contributed by atoms with Gasteiger partial charge >= 0.3 is 29.8 Å². The molecule has 0 bridgehead atoms. The summed E-state index contributed by atoms with van der Waals surface area (Å²) in [5.74, 6) is -5.54. The van der Waals surface area contributed by atoms with Crippen molar-refractivity contribution in [3.8, 4) is 6.07 Å². The van der Waals surface area contributed by atoms with Gasteiger partial charge in [0.25, 0.3) is 0 Å². The largest absolute Gasteiger partial charge is 0.481 e. The zero-order chi connectivity index (χ0) is 44.8. The number of rotatable bonds is 32. The van der Waals surface area contributed by atoms with Gasteiger partial charge in [-0.15, -0.1) is 0 Å². The maximum atomic E-state index is 14.8. The molecule has 0 radical (unpaired) electrons. The van der Waals surface area contributed by atoms with Crippen molar-refractivity contribution >= 4 is 29.8 Å². The highest BCUT2D eigenvalue weighted by molar-refractivity contribution is 5.85. The predicted octanol–water partition coefficient (Wildman–Crippen LogP) is 8.41. The zero-order valence-electron chi connectivity index (χ0n) is 38.5.